The Bertz CT molecular complexity index is 527. The van der Waals surface area contributed by atoms with Crippen molar-refractivity contribution in [3.8, 4) is 0 Å². The number of hydrogen-bond acceptors (Lipinski definition) is 3. The number of rotatable bonds is 6. The van der Waals surface area contributed by atoms with E-state index in [0.717, 1.165) is 0 Å². The Labute approximate surface area is 165 Å². The minimum atomic E-state index is -7.02. The molecule has 0 aliphatic heterocycles. The fourth-order valence-electron chi connectivity index (χ4n) is 0.595. The zero-order valence-electron chi connectivity index (χ0n) is 12.9. The first-order valence-corrected chi connectivity index (χ1v) is 7.08. The second-order valence-corrected chi connectivity index (χ2v) is 5.65. The topological polar surface area (TPSA) is 63.6 Å². The van der Waals surface area contributed by atoms with Gasteiger partial charge in [-0.1, -0.05) is 22.3 Å². The van der Waals surface area contributed by atoms with Gasteiger partial charge in [0.2, 0.25) is 0 Å². The minimum absolute atomic E-state index is 0. The highest BCUT2D eigenvalue weighted by atomic mass is 32.2. The Morgan fingerprint density at radius 3 is 1.23 bits per heavy atom. The quantitative estimate of drug-likeness (QED) is 0.333. The lowest BCUT2D eigenvalue weighted by Gasteiger charge is -2.30. The van der Waals surface area contributed by atoms with Gasteiger partial charge in [-0.05, 0) is 0 Å². The zero-order valence-corrected chi connectivity index (χ0v) is 13.7. The van der Waals surface area contributed by atoms with Gasteiger partial charge in [0.15, 0.2) is 6.67 Å². The van der Waals surface area contributed by atoms with E-state index in [1.54, 1.807) is 0 Å². The van der Waals surface area contributed by atoms with Crippen molar-refractivity contribution in [2.75, 3.05) is 20.5 Å². The van der Waals surface area contributed by atoms with E-state index in [-0.39, 0.29) is 22.3 Å². The van der Waals surface area contributed by atoms with Gasteiger partial charge in [-0.15, -0.1) is 0 Å². The van der Waals surface area contributed by atoms with Gasteiger partial charge in [0.05, 0.1) is 7.18 Å². The lowest BCUT2D eigenvalue weighted by molar-refractivity contribution is -0.396. The van der Waals surface area contributed by atoms with Gasteiger partial charge in [0.1, 0.15) is 6.61 Å². The van der Waals surface area contributed by atoms with E-state index in [1.807, 2.05) is 0 Å². The molecule has 4 nitrogen and oxygen atoms in total. The SMILES string of the molecule is C.C.C.CC(F)(F)CF.CF.O=S(=O)(O)C(F)(F)C(F)(F)C(F)(F)OCC(F)(F)F. The molecular formula is C12H23F13O4S. The third-order valence-corrected chi connectivity index (χ3v) is 2.61. The first-order valence-electron chi connectivity index (χ1n) is 5.64. The van der Waals surface area contributed by atoms with Crippen LogP contribution in [0.25, 0.3) is 0 Å². The molecule has 0 aromatic heterocycles. The summed E-state index contributed by atoms with van der Waals surface area (Å²) in [6.45, 7) is -4.07. The highest BCUT2D eigenvalue weighted by Crippen LogP contribution is 2.48. The average molecular weight is 510 g/mol. The molecule has 0 bridgehead atoms. The van der Waals surface area contributed by atoms with Crippen LogP contribution in [0.1, 0.15) is 29.2 Å². The maximum Gasteiger partial charge on any atom is 0.440 e. The third-order valence-electron chi connectivity index (χ3n) is 1.71. The predicted molar refractivity (Wildman–Crippen MR) is 82.2 cm³/mol. The lowest BCUT2D eigenvalue weighted by Crippen LogP contribution is -2.59. The van der Waals surface area contributed by atoms with Crippen LogP contribution in [0.5, 0.6) is 0 Å². The molecule has 0 unspecified atom stereocenters. The predicted octanol–water partition coefficient (Wildman–Crippen LogP) is 6.38. The molecule has 0 amide bonds. The van der Waals surface area contributed by atoms with Crippen LogP contribution < -0.4 is 0 Å². The van der Waals surface area contributed by atoms with E-state index in [0.29, 0.717) is 14.1 Å². The van der Waals surface area contributed by atoms with E-state index < -0.39 is 52.8 Å². The first kappa shape index (κ1) is 42.9. The van der Waals surface area contributed by atoms with Crippen LogP contribution in [-0.2, 0) is 14.9 Å². The van der Waals surface area contributed by atoms with Crippen LogP contribution in [0.15, 0.2) is 0 Å². The van der Waals surface area contributed by atoms with Crippen molar-refractivity contribution >= 4 is 10.1 Å². The molecule has 18 heteroatoms. The van der Waals surface area contributed by atoms with Crippen LogP contribution in [0.2, 0.25) is 0 Å². The summed E-state index contributed by atoms with van der Waals surface area (Å²) in [4.78, 5) is 0. The van der Waals surface area contributed by atoms with Crippen molar-refractivity contribution in [1.82, 2.24) is 0 Å². The Morgan fingerprint density at radius 1 is 0.800 bits per heavy atom. The van der Waals surface area contributed by atoms with Gasteiger partial charge in [-0.2, -0.15) is 47.9 Å². The molecule has 0 atom stereocenters. The van der Waals surface area contributed by atoms with Crippen LogP contribution in [0.3, 0.4) is 0 Å². The molecule has 192 valence electrons. The van der Waals surface area contributed by atoms with Gasteiger partial charge < -0.3 is 4.74 Å². The van der Waals surface area contributed by atoms with E-state index in [2.05, 4.69) is 4.74 Å². The normalized spacial score (nSPS) is 12.5. The third kappa shape index (κ3) is 14.1. The summed E-state index contributed by atoms with van der Waals surface area (Å²) in [6, 6.07) is 0. The number of halogens is 13. The summed E-state index contributed by atoms with van der Waals surface area (Å²) in [5.74, 6) is -10.1. The Hall–Kier alpha value is -1.04. The molecule has 1 N–H and O–H groups in total. The van der Waals surface area contributed by atoms with Crippen molar-refractivity contribution in [1.29, 1.82) is 0 Å². The van der Waals surface area contributed by atoms with Crippen molar-refractivity contribution < 1.29 is 74.8 Å². The second-order valence-electron chi connectivity index (χ2n) is 4.19. The van der Waals surface area contributed by atoms with Crippen molar-refractivity contribution in [2.45, 2.75) is 58.6 Å². The molecule has 0 saturated heterocycles. The largest absolute Gasteiger partial charge is 0.440 e. The molecule has 0 aliphatic rings. The molecule has 0 spiro atoms. The molecule has 0 aromatic rings. The smallest absolute Gasteiger partial charge is 0.306 e. The van der Waals surface area contributed by atoms with Crippen LogP contribution in [0, 0.1) is 0 Å². The Kier molecular flexibility index (Phi) is 20.2. The average Bonchev–Trinajstić information content (AvgIpc) is 2.45. The molecule has 0 rings (SSSR count). The van der Waals surface area contributed by atoms with E-state index in [1.165, 1.54) is 0 Å². The van der Waals surface area contributed by atoms with Crippen LogP contribution in [-0.4, -0.2) is 62.8 Å². The Morgan fingerprint density at radius 2 is 1.07 bits per heavy atom. The van der Waals surface area contributed by atoms with E-state index in [9.17, 15) is 65.5 Å². The number of alkyl halides is 13. The molecular weight excluding hydrogens is 487 g/mol. The lowest BCUT2D eigenvalue weighted by atomic mass is 10.3. The Balaban J connectivity index is -0.000000113. The molecule has 0 radical (unpaired) electrons. The summed E-state index contributed by atoms with van der Waals surface area (Å²) in [5.41, 5.74) is 0. The number of ether oxygens (including phenoxy) is 1. The van der Waals surface area contributed by atoms with Gasteiger partial charge in [-0.3, -0.25) is 8.94 Å². The van der Waals surface area contributed by atoms with Crippen molar-refractivity contribution in [3.63, 3.8) is 0 Å². The first-order chi connectivity index (χ1) is 11.5. The van der Waals surface area contributed by atoms with Gasteiger partial charge in [0.25, 0.3) is 5.92 Å². The van der Waals surface area contributed by atoms with Crippen molar-refractivity contribution in [3.05, 3.63) is 0 Å². The molecule has 0 aromatic carbocycles. The van der Waals surface area contributed by atoms with Gasteiger partial charge in [0, 0.05) is 6.92 Å². The summed E-state index contributed by atoms with van der Waals surface area (Å²) in [7, 11) is -6.52. The maximum absolute atomic E-state index is 12.5. The molecule has 30 heavy (non-hydrogen) atoms. The highest BCUT2D eigenvalue weighted by Gasteiger charge is 2.79. The standard InChI is InChI=1S/C5H3F9O4S.C3H5F3.CH3F.3CH4/c6-2(7,8)1-18-4(11,12)3(9,10)5(13,14)19(15,16)17;1-3(5,6)2-4;1-2;;;/h1H2,(H,15,16,17);2H2,1H3;1H3;3*1H4. The molecule has 0 heterocycles. The minimum Gasteiger partial charge on any atom is -0.306 e. The van der Waals surface area contributed by atoms with Crippen molar-refractivity contribution in [2.24, 2.45) is 0 Å². The number of hydrogen-bond donors (Lipinski definition) is 1. The van der Waals surface area contributed by atoms with Crippen LogP contribution >= 0.6 is 0 Å². The fourth-order valence-corrected chi connectivity index (χ4v) is 1.04. The highest BCUT2D eigenvalue weighted by molar-refractivity contribution is 7.87. The monoisotopic (exact) mass is 510 g/mol. The molecule has 0 aliphatic carbocycles. The van der Waals surface area contributed by atoms with Gasteiger partial charge in [-0.25, -0.2) is 13.2 Å². The fraction of sp³-hybridized carbons (Fsp3) is 1.00. The second kappa shape index (κ2) is 14.1. The van der Waals surface area contributed by atoms with Gasteiger partial charge >= 0.3 is 33.6 Å². The van der Waals surface area contributed by atoms with E-state index >= 15 is 0 Å². The summed E-state index contributed by atoms with van der Waals surface area (Å²) < 4.78 is 181. The maximum atomic E-state index is 12.5. The summed E-state index contributed by atoms with van der Waals surface area (Å²) in [6.07, 6.45) is -12.1. The zero-order chi connectivity index (χ0) is 23.1. The molecule has 0 fully saturated rings. The van der Waals surface area contributed by atoms with E-state index in [4.69, 9.17) is 4.55 Å². The molecule has 0 saturated carbocycles. The summed E-state index contributed by atoms with van der Waals surface area (Å²) >= 11 is 0. The summed E-state index contributed by atoms with van der Waals surface area (Å²) in [5, 5.41) is -6.75. The van der Waals surface area contributed by atoms with Crippen LogP contribution in [0.4, 0.5) is 57.1 Å².